The third-order valence-corrected chi connectivity index (χ3v) is 5.27. The number of carbonyl (C=O) groups is 2. The molecule has 1 aromatic heterocycles. The van der Waals surface area contributed by atoms with E-state index in [-0.39, 0.29) is 30.3 Å². The Kier molecular flexibility index (Phi) is 5.35. The van der Waals surface area contributed by atoms with Gasteiger partial charge in [-0.05, 0) is 40.9 Å². The number of hydrogen-bond acceptors (Lipinski definition) is 4. The summed E-state index contributed by atoms with van der Waals surface area (Å²) >= 11 is 5.05. The highest BCUT2D eigenvalue weighted by Gasteiger charge is 2.40. The van der Waals surface area contributed by atoms with Crippen molar-refractivity contribution in [3.63, 3.8) is 0 Å². The van der Waals surface area contributed by atoms with E-state index in [4.69, 9.17) is 0 Å². The minimum Gasteiger partial charge on any atom is -0.300 e. The van der Waals surface area contributed by atoms with Crippen molar-refractivity contribution >= 4 is 39.1 Å². The molecule has 0 radical (unpaired) electrons. The van der Waals surface area contributed by atoms with Gasteiger partial charge in [-0.25, -0.2) is 0 Å². The molecule has 0 aliphatic carbocycles. The number of nitrogens with zero attached hydrogens (tertiary/aromatic N) is 1. The molecule has 4 nitrogen and oxygen atoms in total. The molecule has 1 unspecified atom stereocenters. The number of amides is 2. The summed E-state index contributed by atoms with van der Waals surface area (Å²) in [6, 6.07) is 3.67. The molecule has 1 aliphatic rings. The first-order valence-corrected chi connectivity index (χ1v) is 8.51. The lowest BCUT2D eigenvalue weighted by Crippen LogP contribution is -2.43. The average molecular weight is 359 g/mol. The summed E-state index contributed by atoms with van der Waals surface area (Å²) < 4.78 is 1.07. The van der Waals surface area contributed by atoms with Gasteiger partial charge in [-0.2, -0.15) is 0 Å². The fourth-order valence-corrected chi connectivity index (χ4v) is 3.95. The number of carbonyl (C=O) groups excluding carboxylic acids is 2. The molecule has 110 valence electrons. The van der Waals surface area contributed by atoms with Crippen molar-refractivity contribution in [1.82, 2.24) is 10.2 Å². The molecule has 1 N–H and O–H groups in total. The van der Waals surface area contributed by atoms with Crippen LogP contribution < -0.4 is 5.32 Å². The van der Waals surface area contributed by atoms with Crippen molar-refractivity contribution in [3.8, 4) is 0 Å². The Morgan fingerprint density at radius 3 is 2.65 bits per heavy atom. The minimum atomic E-state index is -0.371. The van der Waals surface area contributed by atoms with Crippen LogP contribution in [0.15, 0.2) is 15.9 Å². The van der Waals surface area contributed by atoms with Crippen LogP contribution in [0.25, 0.3) is 0 Å². The van der Waals surface area contributed by atoms with Crippen molar-refractivity contribution < 1.29 is 9.59 Å². The van der Waals surface area contributed by atoms with Crippen molar-refractivity contribution in [2.24, 2.45) is 0 Å². The summed E-state index contributed by atoms with van der Waals surface area (Å²) in [4.78, 5) is 27.0. The van der Waals surface area contributed by atoms with E-state index in [1.807, 2.05) is 26.0 Å². The zero-order chi connectivity index (χ0) is 14.7. The number of halogens is 1. The van der Waals surface area contributed by atoms with E-state index in [2.05, 4.69) is 21.2 Å². The fourth-order valence-electron chi connectivity index (χ4n) is 2.52. The van der Waals surface area contributed by atoms with Crippen LogP contribution in [0.2, 0.25) is 0 Å². The SMILES string of the molecule is CCC(CC)N1C(=O)CC(NCc2ccc(Br)s2)C1=O. The zero-order valence-electron chi connectivity index (χ0n) is 11.7. The first kappa shape index (κ1) is 15.7. The lowest BCUT2D eigenvalue weighted by molar-refractivity contribution is -0.141. The molecule has 1 atom stereocenters. The van der Waals surface area contributed by atoms with E-state index >= 15 is 0 Å². The van der Waals surface area contributed by atoms with Crippen LogP contribution in [0, 0.1) is 0 Å². The van der Waals surface area contributed by atoms with Crippen LogP contribution >= 0.6 is 27.3 Å². The maximum absolute atomic E-state index is 12.3. The predicted octanol–water partition coefficient (Wildman–Crippen LogP) is 2.92. The van der Waals surface area contributed by atoms with E-state index < -0.39 is 0 Å². The second-order valence-electron chi connectivity index (χ2n) is 4.92. The molecule has 2 heterocycles. The highest BCUT2D eigenvalue weighted by molar-refractivity contribution is 9.11. The molecular weight excluding hydrogens is 340 g/mol. The Bertz CT molecular complexity index is 499. The van der Waals surface area contributed by atoms with Crippen molar-refractivity contribution in [1.29, 1.82) is 0 Å². The Balaban J connectivity index is 1.97. The third-order valence-electron chi connectivity index (χ3n) is 3.64. The lowest BCUT2D eigenvalue weighted by atomic mass is 10.1. The zero-order valence-corrected chi connectivity index (χ0v) is 14.1. The Morgan fingerprint density at radius 1 is 1.40 bits per heavy atom. The molecule has 20 heavy (non-hydrogen) atoms. The molecule has 0 bridgehead atoms. The van der Waals surface area contributed by atoms with Crippen LogP contribution in [0.1, 0.15) is 38.0 Å². The van der Waals surface area contributed by atoms with E-state index in [1.165, 1.54) is 4.90 Å². The van der Waals surface area contributed by atoms with Gasteiger partial charge in [0.1, 0.15) is 0 Å². The predicted molar refractivity (Wildman–Crippen MR) is 83.5 cm³/mol. The van der Waals surface area contributed by atoms with Crippen LogP contribution in [0.5, 0.6) is 0 Å². The standard InChI is InChI=1S/C14H19BrN2O2S/c1-3-9(4-2)17-13(18)7-11(14(17)19)16-8-10-5-6-12(15)20-10/h5-6,9,11,16H,3-4,7-8H2,1-2H3. The highest BCUT2D eigenvalue weighted by Crippen LogP contribution is 2.23. The van der Waals surface area contributed by atoms with Gasteiger partial charge in [0.15, 0.2) is 0 Å². The van der Waals surface area contributed by atoms with Crippen molar-refractivity contribution in [2.45, 2.75) is 51.7 Å². The lowest BCUT2D eigenvalue weighted by Gasteiger charge is -2.24. The molecule has 2 amide bonds. The Morgan fingerprint density at radius 2 is 2.10 bits per heavy atom. The van der Waals surface area contributed by atoms with E-state index in [1.54, 1.807) is 11.3 Å². The summed E-state index contributed by atoms with van der Waals surface area (Å²) in [5.41, 5.74) is 0. The molecule has 1 saturated heterocycles. The normalized spacial score (nSPS) is 19.4. The maximum atomic E-state index is 12.3. The molecule has 0 spiro atoms. The molecule has 1 aromatic rings. The number of hydrogen-bond donors (Lipinski definition) is 1. The van der Waals surface area contributed by atoms with Crippen LogP contribution in [0.3, 0.4) is 0 Å². The second kappa shape index (κ2) is 6.83. The van der Waals surface area contributed by atoms with Crippen LogP contribution in [-0.2, 0) is 16.1 Å². The van der Waals surface area contributed by atoms with Gasteiger partial charge in [-0.3, -0.25) is 14.5 Å². The topological polar surface area (TPSA) is 49.4 Å². The van der Waals surface area contributed by atoms with Crippen molar-refractivity contribution in [2.75, 3.05) is 0 Å². The molecule has 2 rings (SSSR count). The largest absolute Gasteiger partial charge is 0.300 e. The van der Waals surface area contributed by atoms with Gasteiger partial charge in [-0.1, -0.05) is 13.8 Å². The smallest absolute Gasteiger partial charge is 0.247 e. The summed E-state index contributed by atoms with van der Waals surface area (Å²) in [6.45, 7) is 4.65. The summed E-state index contributed by atoms with van der Waals surface area (Å²) in [5.74, 6) is -0.118. The third kappa shape index (κ3) is 3.30. The van der Waals surface area contributed by atoms with Gasteiger partial charge in [0.05, 0.1) is 16.2 Å². The van der Waals surface area contributed by atoms with E-state index in [9.17, 15) is 9.59 Å². The number of likely N-dealkylation sites (tertiary alicyclic amines) is 1. The summed E-state index contributed by atoms with van der Waals surface area (Å²) in [5, 5.41) is 3.20. The maximum Gasteiger partial charge on any atom is 0.247 e. The summed E-state index contributed by atoms with van der Waals surface area (Å²) in [7, 11) is 0. The summed E-state index contributed by atoms with van der Waals surface area (Å²) in [6.07, 6.45) is 1.92. The van der Waals surface area contributed by atoms with Gasteiger partial charge >= 0.3 is 0 Å². The Labute approximate surface area is 131 Å². The highest BCUT2D eigenvalue weighted by atomic mass is 79.9. The van der Waals surface area contributed by atoms with Gasteiger partial charge in [0, 0.05) is 17.5 Å². The van der Waals surface area contributed by atoms with Gasteiger partial charge in [0.2, 0.25) is 11.8 Å². The molecule has 1 aliphatic heterocycles. The van der Waals surface area contributed by atoms with Crippen LogP contribution in [-0.4, -0.2) is 28.8 Å². The minimum absolute atomic E-state index is 0.0395. The molecule has 0 aromatic carbocycles. The number of thiophene rings is 1. The molecule has 0 saturated carbocycles. The molecular formula is C14H19BrN2O2S. The fraction of sp³-hybridized carbons (Fsp3) is 0.571. The monoisotopic (exact) mass is 358 g/mol. The van der Waals surface area contributed by atoms with E-state index in [0.717, 1.165) is 21.5 Å². The molecule has 6 heteroatoms. The van der Waals surface area contributed by atoms with Crippen molar-refractivity contribution in [3.05, 3.63) is 20.8 Å². The average Bonchev–Trinajstić information content (AvgIpc) is 2.95. The Hall–Kier alpha value is -0.720. The number of rotatable bonds is 6. The first-order valence-electron chi connectivity index (χ1n) is 6.90. The van der Waals surface area contributed by atoms with E-state index in [0.29, 0.717) is 6.54 Å². The first-order chi connectivity index (χ1) is 9.56. The van der Waals surface area contributed by atoms with Gasteiger partial charge < -0.3 is 5.32 Å². The van der Waals surface area contributed by atoms with Gasteiger partial charge in [-0.15, -0.1) is 11.3 Å². The quantitative estimate of drug-likeness (QED) is 0.795. The molecule has 1 fully saturated rings. The second-order valence-corrected chi connectivity index (χ2v) is 7.46. The number of imide groups is 1. The van der Waals surface area contributed by atoms with Crippen LogP contribution in [0.4, 0.5) is 0 Å². The van der Waals surface area contributed by atoms with Gasteiger partial charge in [0.25, 0.3) is 0 Å². The number of nitrogens with one attached hydrogen (secondary N) is 1.